The van der Waals surface area contributed by atoms with E-state index in [1.54, 1.807) is 7.11 Å². The summed E-state index contributed by atoms with van der Waals surface area (Å²) in [5.41, 5.74) is 5.69. The van der Waals surface area contributed by atoms with Gasteiger partial charge in [0.25, 0.3) is 0 Å². The standard InChI is InChI=1S/C12H29N3O/c1-12(2,15(3)4)10-14-11(9-16-5)7-6-8-13/h11,14H,6-10,13H2,1-5H3. The highest BCUT2D eigenvalue weighted by Gasteiger charge is 2.21. The summed E-state index contributed by atoms with van der Waals surface area (Å²) in [7, 11) is 5.95. The third-order valence-corrected chi connectivity index (χ3v) is 3.16. The summed E-state index contributed by atoms with van der Waals surface area (Å²) in [6.07, 6.45) is 2.12. The van der Waals surface area contributed by atoms with Crippen LogP contribution >= 0.6 is 0 Å². The fraction of sp³-hybridized carbons (Fsp3) is 1.00. The lowest BCUT2D eigenvalue weighted by Crippen LogP contribution is -2.50. The van der Waals surface area contributed by atoms with Gasteiger partial charge < -0.3 is 20.7 Å². The molecule has 0 fully saturated rings. The van der Waals surface area contributed by atoms with Crippen LogP contribution in [0, 0.1) is 0 Å². The van der Waals surface area contributed by atoms with Gasteiger partial charge in [0.1, 0.15) is 0 Å². The largest absolute Gasteiger partial charge is 0.383 e. The molecule has 0 aliphatic carbocycles. The first-order chi connectivity index (χ1) is 7.44. The Hall–Kier alpha value is -0.160. The quantitative estimate of drug-likeness (QED) is 0.612. The summed E-state index contributed by atoms with van der Waals surface area (Å²) < 4.78 is 5.21. The number of nitrogens with two attached hydrogens (primary N) is 1. The summed E-state index contributed by atoms with van der Waals surface area (Å²) in [5.74, 6) is 0. The van der Waals surface area contributed by atoms with Crippen LogP contribution in [0.3, 0.4) is 0 Å². The van der Waals surface area contributed by atoms with Crippen LogP contribution in [-0.2, 0) is 4.74 Å². The minimum atomic E-state index is 0.161. The maximum Gasteiger partial charge on any atom is 0.0615 e. The topological polar surface area (TPSA) is 50.5 Å². The van der Waals surface area contributed by atoms with Crippen LogP contribution in [-0.4, -0.2) is 57.4 Å². The van der Waals surface area contributed by atoms with Crippen LogP contribution in [0.4, 0.5) is 0 Å². The maximum absolute atomic E-state index is 5.53. The van der Waals surface area contributed by atoms with Gasteiger partial charge in [0.05, 0.1) is 6.61 Å². The fourth-order valence-electron chi connectivity index (χ4n) is 1.36. The normalized spacial score (nSPS) is 14.4. The van der Waals surface area contributed by atoms with Gasteiger partial charge in [-0.3, -0.25) is 0 Å². The number of nitrogens with zero attached hydrogens (tertiary/aromatic N) is 1. The Bertz CT molecular complexity index is 172. The lowest BCUT2D eigenvalue weighted by Gasteiger charge is -2.34. The van der Waals surface area contributed by atoms with Gasteiger partial charge in [-0.15, -0.1) is 0 Å². The SMILES string of the molecule is COCC(CCCN)NCC(C)(C)N(C)C. The van der Waals surface area contributed by atoms with Crippen molar-refractivity contribution in [2.75, 3.05) is 40.9 Å². The highest BCUT2D eigenvalue weighted by Crippen LogP contribution is 2.09. The second-order valence-electron chi connectivity index (χ2n) is 5.17. The Morgan fingerprint density at radius 3 is 2.44 bits per heavy atom. The van der Waals surface area contributed by atoms with E-state index in [-0.39, 0.29) is 5.54 Å². The highest BCUT2D eigenvalue weighted by atomic mass is 16.5. The van der Waals surface area contributed by atoms with Crippen molar-refractivity contribution in [3.05, 3.63) is 0 Å². The summed E-state index contributed by atoms with van der Waals surface area (Å²) in [4.78, 5) is 2.23. The zero-order chi connectivity index (χ0) is 12.6. The van der Waals surface area contributed by atoms with E-state index < -0.39 is 0 Å². The van der Waals surface area contributed by atoms with E-state index in [0.717, 1.165) is 32.5 Å². The van der Waals surface area contributed by atoms with Gasteiger partial charge in [-0.05, 0) is 47.3 Å². The molecule has 0 saturated carbocycles. The van der Waals surface area contributed by atoms with Crippen LogP contribution < -0.4 is 11.1 Å². The molecule has 0 aliphatic heterocycles. The smallest absolute Gasteiger partial charge is 0.0615 e. The van der Waals surface area contributed by atoms with E-state index in [1.165, 1.54) is 0 Å². The van der Waals surface area contributed by atoms with Gasteiger partial charge in [0.15, 0.2) is 0 Å². The molecular formula is C12H29N3O. The molecule has 0 bridgehead atoms. The molecule has 3 N–H and O–H groups in total. The zero-order valence-electron chi connectivity index (χ0n) is 11.5. The van der Waals surface area contributed by atoms with Crippen molar-refractivity contribution in [1.82, 2.24) is 10.2 Å². The van der Waals surface area contributed by atoms with E-state index in [4.69, 9.17) is 10.5 Å². The summed E-state index contributed by atoms with van der Waals surface area (Å²) in [6.45, 7) is 6.92. The fourth-order valence-corrected chi connectivity index (χ4v) is 1.36. The van der Waals surface area contributed by atoms with Crippen molar-refractivity contribution >= 4 is 0 Å². The summed E-state index contributed by atoms with van der Waals surface area (Å²) in [5, 5.41) is 3.55. The molecule has 0 rings (SSSR count). The molecule has 16 heavy (non-hydrogen) atoms. The molecule has 98 valence electrons. The second kappa shape index (κ2) is 8.01. The predicted molar refractivity (Wildman–Crippen MR) is 69.7 cm³/mol. The van der Waals surface area contributed by atoms with Crippen molar-refractivity contribution in [3.8, 4) is 0 Å². The average Bonchev–Trinajstić information content (AvgIpc) is 2.22. The highest BCUT2D eigenvalue weighted by molar-refractivity contribution is 4.82. The minimum Gasteiger partial charge on any atom is -0.383 e. The van der Waals surface area contributed by atoms with E-state index >= 15 is 0 Å². The average molecular weight is 231 g/mol. The van der Waals surface area contributed by atoms with E-state index in [9.17, 15) is 0 Å². The second-order valence-corrected chi connectivity index (χ2v) is 5.17. The molecule has 4 heteroatoms. The molecule has 0 aliphatic rings. The predicted octanol–water partition coefficient (Wildman–Crippen LogP) is 0.670. The number of rotatable bonds is 9. The number of hydrogen-bond donors (Lipinski definition) is 2. The third kappa shape index (κ3) is 6.43. The van der Waals surface area contributed by atoms with Crippen molar-refractivity contribution in [2.24, 2.45) is 5.73 Å². The Morgan fingerprint density at radius 2 is 2.00 bits per heavy atom. The Morgan fingerprint density at radius 1 is 1.38 bits per heavy atom. The maximum atomic E-state index is 5.53. The zero-order valence-corrected chi connectivity index (χ0v) is 11.5. The lowest BCUT2D eigenvalue weighted by atomic mass is 10.0. The van der Waals surface area contributed by atoms with Crippen LogP contribution in [0.1, 0.15) is 26.7 Å². The van der Waals surface area contributed by atoms with Crippen molar-refractivity contribution in [3.63, 3.8) is 0 Å². The Kier molecular flexibility index (Phi) is 7.93. The van der Waals surface area contributed by atoms with Crippen LogP contribution in [0.25, 0.3) is 0 Å². The number of ether oxygens (including phenoxy) is 1. The molecule has 0 aromatic rings. The Balaban J connectivity index is 3.99. The van der Waals surface area contributed by atoms with Gasteiger partial charge in [-0.25, -0.2) is 0 Å². The van der Waals surface area contributed by atoms with Gasteiger partial charge in [0, 0.05) is 25.2 Å². The summed E-state index contributed by atoms with van der Waals surface area (Å²) in [6, 6.07) is 0.410. The number of methoxy groups -OCH3 is 1. The van der Waals surface area contributed by atoms with Crippen molar-refractivity contribution in [2.45, 2.75) is 38.3 Å². The molecule has 0 saturated heterocycles. The van der Waals surface area contributed by atoms with Crippen LogP contribution in [0.5, 0.6) is 0 Å². The summed E-state index contributed by atoms with van der Waals surface area (Å²) >= 11 is 0. The molecular weight excluding hydrogens is 202 g/mol. The van der Waals surface area contributed by atoms with Gasteiger partial charge in [-0.2, -0.15) is 0 Å². The number of nitrogens with one attached hydrogen (secondary N) is 1. The minimum absolute atomic E-state index is 0.161. The molecule has 0 aromatic heterocycles. The van der Waals surface area contributed by atoms with Gasteiger partial charge >= 0.3 is 0 Å². The molecule has 0 aromatic carbocycles. The molecule has 0 radical (unpaired) electrons. The van der Waals surface area contributed by atoms with E-state index in [1.807, 2.05) is 0 Å². The first kappa shape index (κ1) is 15.8. The lowest BCUT2D eigenvalue weighted by molar-refractivity contribution is 0.139. The number of hydrogen-bond acceptors (Lipinski definition) is 4. The molecule has 0 heterocycles. The van der Waals surface area contributed by atoms with Crippen LogP contribution in [0.2, 0.25) is 0 Å². The third-order valence-electron chi connectivity index (χ3n) is 3.16. The van der Waals surface area contributed by atoms with Gasteiger partial charge in [0.2, 0.25) is 0 Å². The van der Waals surface area contributed by atoms with Gasteiger partial charge in [-0.1, -0.05) is 0 Å². The van der Waals surface area contributed by atoms with E-state index in [0.29, 0.717) is 6.04 Å². The van der Waals surface area contributed by atoms with E-state index in [2.05, 4.69) is 38.2 Å². The monoisotopic (exact) mass is 231 g/mol. The first-order valence-electron chi connectivity index (χ1n) is 6.04. The van der Waals surface area contributed by atoms with Crippen molar-refractivity contribution < 1.29 is 4.74 Å². The Labute approximate surface area is 101 Å². The van der Waals surface area contributed by atoms with Crippen molar-refractivity contribution in [1.29, 1.82) is 0 Å². The van der Waals surface area contributed by atoms with Crippen LogP contribution in [0.15, 0.2) is 0 Å². The molecule has 4 nitrogen and oxygen atoms in total. The first-order valence-corrected chi connectivity index (χ1v) is 6.04. The molecule has 1 unspecified atom stereocenters. The molecule has 0 amide bonds. The molecule has 0 spiro atoms. The number of likely N-dealkylation sites (N-methyl/N-ethyl adjacent to an activating group) is 1. The molecule has 1 atom stereocenters.